The fraction of sp³-hybridized carbons (Fsp3) is 0.909. The largest absolute Gasteiger partial charge is 0.286 e. The summed E-state index contributed by atoms with van der Waals surface area (Å²) in [5, 5.41) is 0. The summed E-state index contributed by atoms with van der Waals surface area (Å²) in [6, 6.07) is 0. The van der Waals surface area contributed by atoms with Crippen molar-refractivity contribution in [1.82, 2.24) is 0 Å². The summed E-state index contributed by atoms with van der Waals surface area (Å²) in [6.07, 6.45) is 27.3. The average molecular weight is 389 g/mol. The van der Waals surface area contributed by atoms with E-state index in [1.54, 1.807) is 0 Å². The topological polar surface area (TPSA) is 54.4 Å². The van der Waals surface area contributed by atoms with Gasteiger partial charge in [-0.15, -0.1) is 0 Å². The van der Waals surface area contributed by atoms with Crippen LogP contribution in [-0.2, 0) is 10.1 Å². The minimum Gasteiger partial charge on any atom is -0.286 e. The average Bonchev–Trinajstić information content (AvgIpc) is 2.59. The van der Waals surface area contributed by atoms with Crippen molar-refractivity contribution in [2.24, 2.45) is 0 Å². The van der Waals surface area contributed by atoms with Crippen LogP contribution in [0, 0.1) is 0 Å². The molecule has 0 rings (SSSR count). The highest BCUT2D eigenvalue weighted by molar-refractivity contribution is 7.85. The molecule has 0 unspecified atom stereocenters. The first kappa shape index (κ1) is 25.6. The molecule has 0 spiro atoms. The third-order valence-corrected chi connectivity index (χ3v) is 5.72. The van der Waals surface area contributed by atoms with Gasteiger partial charge >= 0.3 is 0 Å². The zero-order valence-electron chi connectivity index (χ0n) is 17.3. The van der Waals surface area contributed by atoms with E-state index >= 15 is 0 Å². The van der Waals surface area contributed by atoms with Crippen LogP contribution in [0.3, 0.4) is 0 Å². The van der Waals surface area contributed by atoms with Gasteiger partial charge in [0.25, 0.3) is 10.1 Å². The highest BCUT2D eigenvalue weighted by Crippen LogP contribution is 2.13. The molecule has 4 heteroatoms. The van der Waals surface area contributed by atoms with Gasteiger partial charge in [0, 0.05) is 0 Å². The Kier molecular flexibility index (Phi) is 19.2. The first-order valence-corrected chi connectivity index (χ1v) is 12.8. The van der Waals surface area contributed by atoms with E-state index in [4.69, 9.17) is 4.55 Å². The maximum Gasteiger partial charge on any atom is 0.264 e. The zero-order chi connectivity index (χ0) is 19.3. The maximum absolute atomic E-state index is 10.6. The van der Waals surface area contributed by atoms with Crippen LogP contribution in [-0.4, -0.2) is 18.7 Å². The molecule has 3 nitrogen and oxygen atoms in total. The third-order valence-electron chi connectivity index (χ3n) is 4.91. The van der Waals surface area contributed by atoms with Crippen LogP contribution in [0.25, 0.3) is 0 Å². The molecule has 1 N–H and O–H groups in total. The lowest BCUT2D eigenvalue weighted by molar-refractivity contribution is 0.481. The van der Waals surface area contributed by atoms with Gasteiger partial charge in [-0.05, 0) is 25.7 Å². The predicted molar refractivity (Wildman–Crippen MR) is 114 cm³/mol. The summed E-state index contributed by atoms with van der Waals surface area (Å²) >= 11 is 0. The van der Waals surface area contributed by atoms with E-state index in [2.05, 4.69) is 13.0 Å². The summed E-state index contributed by atoms with van der Waals surface area (Å²) in [4.78, 5) is 0. The van der Waals surface area contributed by atoms with Crippen LogP contribution in [0.5, 0.6) is 0 Å². The van der Waals surface area contributed by atoms with Crippen LogP contribution < -0.4 is 0 Å². The molecule has 0 aliphatic heterocycles. The number of allylic oxidation sites excluding steroid dienone is 2. The van der Waals surface area contributed by atoms with Crippen molar-refractivity contribution >= 4 is 10.1 Å². The van der Waals surface area contributed by atoms with E-state index in [-0.39, 0.29) is 5.75 Å². The van der Waals surface area contributed by atoms with Gasteiger partial charge < -0.3 is 0 Å². The van der Waals surface area contributed by atoms with E-state index in [1.807, 2.05) is 6.08 Å². The predicted octanol–water partition coefficient (Wildman–Crippen LogP) is 7.47. The summed E-state index contributed by atoms with van der Waals surface area (Å²) in [6.45, 7) is 2.28. The second-order valence-electron chi connectivity index (χ2n) is 7.64. The molecule has 0 radical (unpaired) electrons. The quantitative estimate of drug-likeness (QED) is 0.134. The Labute approximate surface area is 163 Å². The molecular formula is C22H44O3S. The van der Waals surface area contributed by atoms with Gasteiger partial charge in [0.2, 0.25) is 0 Å². The molecule has 0 aromatic heterocycles. The molecular weight excluding hydrogens is 344 g/mol. The Morgan fingerprint density at radius 2 is 0.923 bits per heavy atom. The molecule has 0 fully saturated rings. The van der Waals surface area contributed by atoms with Crippen LogP contribution in [0.15, 0.2) is 12.2 Å². The maximum atomic E-state index is 10.6. The Morgan fingerprint density at radius 3 is 1.31 bits per heavy atom. The van der Waals surface area contributed by atoms with Gasteiger partial charge in [0.15, 0.2) is 0 Å². The normalized spacial score (nSPS) is 12.2. The summed E-state index contributed by atoms with van der Waals surface area (Å²) in [5.74, 6) is -0.129. The van der Waals surface area contributed by atoms with Crippen molar-refractivity contribution in [3.05, 3.63) is 12.2 Å². The fourth-order valence-electron chi connectivity index (χ4n) is 3.25. The molecule has 0 saturated carbocycles. The summed E-state index contributed by atoms with van der Waals surface area (Å²) in [5.41, 5.74) is 0. The molecule has 0 saturated heterocycles. The summed E-state index contributed by atoms with van der Waals surface area (Å²) < 4.78 is 29.7. The minimum atomic E-state index is -3.78. The van der Waals surface area contributed by atoms with Gasteiger partial charge in [-0.2, -0.15) is 8.42 Å². The standard InChI is InChI=1S/C22H44O3S/c1-2-3-4-5-6-7-8-9-10-11-12-13-14-15-16-17-18-19-20-21-22-26(23,24)25/h18-19H,2-17,20-22H2,1H3,(H,23,24,25)/b19-18+. The lowest BCUT2D eigenvalue weighted by Gasteiger charge is -2.03. The highest BCUT2D eigenvalue weighted by atomic mass is 32.2. The Hall–Kier alpha value is -0.350. The molecule has 0 heterocycles. The van der Waals surface area contributed by atoms with Gasteiger partial charge in [-0.1, -0.05) is 109 Å². The smallest absolute Gasteiger partial charge is 0.264 e. The molecule has 0 aliphatic rings. The molecule has 0 aromatic carbocycles. The van der Waals surface area contributed by atoms with Crippen molar-refractivity contribution in [1.29, 1.82) is 0 Å². The number of unbranched alkanes of at least 4 members (excludes halogenated alkanes) is 16. The monoisotopic (exact) mass is 388 g/mol. The SMILES string of the molecule is CCCCCCCCCCCCCCCCC/C=C/CCCS(=O)(=O)O. The van der Waals surface area contributed by atoms with E-state index in [0.29, 0.717) is 6.42 Å². The second kappa shape index (κ2) is 19.4. The fourth-order valence-corrected chi connectivity index (χ4v) is 3.78. The lowest BCUT2D eigenvalue weighted by Crippen LogP contribution is -2.02. The molecule has 0 atom stereocenters. The highest BCUT2D eigenvalue weighted by Gasteiger charge is 2.01. The first-order chi connectivity index (χ1) is 12.6. The second-order valence-corrected chi connectivity index (χ2v) is 9.21. The third kappa shape index (κ3) is 23.6. The number of rotatable bonds is 20. The molecule has 0 bridgehead atoms. The van der Waals surface area contributed by atoms with Gasteiger partial charge in [0.1, 0.15) is 0 Å². The van der Waals surface area contributed by atoms with E-state index < -0.39 is 10.1 Å². The van der Waals surface area contributed by atoms with Crippen molar-refractivity contribution in [3.63, 3.8) is 0 Å². The minimum absolute atomic E-state index is 0.129. The van der Waals surface area contributed by atoms with Crippen molar-refractivity contribution in [3.8, 4) is 0 Å². The van der Waals surface area contributed by atoms with Crippen LogP contribution in [0.2, 0.25) is 0 Å². The van der Waals surface area contributed by atoms with Crippen molar-refractivity contribution < 1.29 is 13.0 Å². The van der Waals surface area contributed by atoms with Crippen LogP contribution in [0.1, 0.15) is 122 Å². The Balaban J connectivity index is 3.11. The lowest BCUT2D eigenvalue weighted by atomic mass is 10.0. The Bertz CT molecular complexity index is 402. The summed E-state index contributed by atoms with van der Waals surface area (Å²) in [7, 11) is -3.78. The van der Waals surface area contributed by atoms with Gasteiger partial charge in [-0.3, -0.25) is 4.55 Å². The molecule has 26 heavy (non-hydrogen) atoms. The molecule has 0 aromatic rings. The zero-order valence-corrected chi connectivity index (χ0v) is 18.1. The van der Waals surface area contributed by atoms with E-state index in [9.17, 15) is 8.42 Å². The van der Waals surface area contributed by atoms with Crippen LogP contribution in [0.4, 0.5) is 0 Å². The molecule has 0 amide bonds. The molecule has 0 aliphatic carbocycles. The van der Waals surface area contributed by atoms with Crippen molar-refractivity contribution in [2.75, 3.05) is 5.75 Å². The van der Waals surface area contributed by atoms with Gasteiger partial charge in [0.05, 0.1) is 5.75 Å². The van der Waals surface area contributed by atoms with E-state index in [1.165, 1.54) is 96.3 Å². The molecule has 156 valence electrons. The number of hydrogen-bond donors (Lipinski definition) is 1. The number of hydrogen-bond acceptors (Lipinski definition) is 2. The Morgan fingerprint density at radius 1 is 0.577 bits per heavy atom. The van der Waals surface area contributed by atoms with E-state index in [0.717, 1.165) is 12.8 Å². The van der Waals surface area contributed by atoms with Crippen molar-refractivity contribution in [2.45, 2.75) is 122 Å². The first-order valence-electron chi connectivity index (χ1n) is 11.2. The van der Waals surface area contributed by atoms with Gasteiger partial charge in [-0.25, -0.2) is 0 Å². The van der Waals surface area contributed by atoms with Crippen LogP contribution >= 0.6 is 0 Å².